The van der Waals surface area contributed by atoms with E-state index in [1.165, 1.54) is 0 Å². The van der Waals surface area contributed by atoms with Gasteiger partial charge in [0.25, 0.3) is 0 Å². The number of alkyl halides is 1. The molecule has 0 fully saturated rings. The van der Waals surface area contributed by atoms with Gasteiger partial charge in [0.2, 0.25) is 0 Å². The zero-order chi connectivity index (χ0) is 8.10. The topological polar surface area (TPSA) is 12.9 Å². The number of pyridine rings is 1. The molecule has 0 saturated heterocycles. The van der Waals surface area contributed by atoms with Crippen molar-refractivity contribution >= 4 is 33.6 Å². The average molecular weight is 233 g/mol. The van der Waals surface area contributed by atoms with Crippen LogP contribution < -0.4 is 0 Å². The number of rotatable bonds is 2. The standard InChI is InChI=1S/C8H7BrClN/c9-8-4-7(2-1-3-10)5-11-6-8/h1-2,4-6H,3H2/b2-1+. The third-order valence-corrected chi connectivity index (χ3v) is 1.74. The Labute approximate surface area is 79.2 Å². The van der Waals surface area contributed by atoms with Crippen molar-refractivity contribution in [2.75, 3.05) is 5.88 Å². The van der Waals surface area contributed by atoms with Gasteiger partial charge in [-0.15, -0.1) is 11.6 Å². The summed E-state index contributed by atoms with van der Waals surface area (Å²) in [5, 5.41) is 0. The van der Waals surface area contributed by atoms with E-state index in [9.17, 15) is 0 Å². The zero-order valence-corrected chi connectivity index (χ0v) is 8.14. The van der Waals surface area contributed by atoms with Crippen LogP contribution in [0.25, 0.3) is 6.08 Å². The van der Waals surface area contributed by atoms with E-state index < -0.39 is 0 Å². The first-order valence-corrected chi connectivity index (χ1v) is 4.49. The molecule has 1 aromatic heterocycles. The SMILES string of the molecule is ClC/C=C/c1cncc(Br)c1. The molecule has 3 heteroatoms. The number of hydrogen-bond donors (Lipinski definition) is 0. The van der Waals surface area contributed by atoms with E-state index in [1.54, 1.807) is 12.4 Å². The van der Waals surface area contributed by atoms with Crippen molar-refractivity contribution < 1.29 is 0 Å². The van der Waals surface area contributed by atoms with Crippen molar-refractivity contribution in [1.29, 1.82) is 0 Å². The lowest BCUT2D eigenvalue weighted by molar-refractivity contribution is 1.30. The Morgan fingerprint density at radius 3 is 3.00 bits per heavy atom. The molecule has 0 bridgehead atoms. The van der Waals surface area contributed by atoms with Gasteiger partial charge in [0.15, 0.2) is 0 Å². The van der Waals surface area contributed by atoms with Crippen molar-refractivity contribution in [2.24, 2.45) is 0 Å². The van der Waals surface area contributed by atoms with E-state index in [4.69, 9.17) is 11.6 Å². The summed E-state index contributed by atoms with van der Waals surface area (Å²) >= 11 is 8.80. The third-order valence-electron chi connectivity index (χ3n) is 1.13. The summed E-state index contributed by atoms with van der Waals surface area (Å²) < 4.78 is 0.981. The summed E-state index contributed by atoms with van der Waals surface area (Å²) in [6.07, 6.45) is 7.35. The van der Waals surface area contributed by atoms with Crippen LogP contribution in [0.1, 0.15) is 5.56 Å². The second-order valence-electron chi connectivity index (χ2n) is 1.99. The number of aromatic nitrogens is 1. The molecule has 1 heterocycles. The Hall–Kier alpha value is -0.340. The molecule has 0 saturated carbocycles. The predicted octanol–water partition coefficient (Wildman–Crippen LogP) is 3.10. The van der Waals surface area contributed by atoms with Gasteiger partial charge < -0.3 is 0 Å². The molecular formula is C8H7BrClN. The Balaban J connectivity index is 2.79. The van der Waals surface area contributed by atoms with Crippen LogP contribution in [-0.4, -0.2) is 10.9 Å². The molecule has 0 radical (unpaired) electrons. The van der Waals surface area contributed by atoms with Crippen molar-refractivity contribution in [1.82, 2.24) is 4.98 Å². The monoisotopic (exact) mass is 231 g/mol. The van der Waals surface area contributed by atoms with Gasteiger partial charge >= 0.3 is 0 Å². The third kappa shape index (κ3) is 3.04. The molecule has 1 rings (SSSR count). The van der Waals surface area contributed by atoms with E-state index in [0.29, 0.717) is 5.88 Å². The highest BCUT2D eigenvalue weighted by Crippen LogP contribution is 2.10. The first-order valence-electron chi connectivity index (χ1n) is 3.16. The number of halogens is 2. The maximum absolute atomic E-state index is 5.47. The van der Waals surface area contributed by atoms with Crippen LogP contribution >= 0.6 is 27.5 Å². The van der Waals surface area contributed by atoms with Crippen molar-refractivity contribution in [3.63, 3.8) is 0 Å². The molecule has 0 aromatic carbocycles. The molecule has 11 heavy (non-hydrogen) atoms. The summed E-state index contributed by atoms with van der Waals surface area (Å²) in [5.41, 5.74) is 1.06. The minimum absolute atomic E-state index is 0.534. The fourth-order valence-corrected chi connectivity index (χ4v) is 1.17. The lowest BCUT2D eigenvalue weighted by Crippen LogP contribution is -1.75. The molecular weight excluding hydrogens is 225 g/mol. The first kappa shape index (κ1) is 8.75. The van der Waals surface area contributed by atoms with Crippen LogP contribution in [0.2, 0.25) is 0 Å². The number of hydrogen-bond acceptors (Lipinski definition) is 1. The summed E-state index contributed by atoms with van der Waals surface area (Å²) in [5.74, 6) is 0.534. The molecule has 0 spiro atoms. The fraction of sp³-hybridized carbons (Fsp3) is 0.125. The quantitative estimate of drug-likeness (QED) is 0.714. The van der Waals surface area contributed by atoms with Gasteiger partial charge in [0.05, 0.1) is 0 Å². The van der Waals surface area contributed by atoms with Gasteiger partial charge in [-0.1, -0.05) is 12.2 Å². The molecule has 0 N–H and O–H groups in total. The van der Waals surface area contributed by atoms with E-state index in [2.05, 4.69) is 20.9 Å². The molecule has 0 aliphatic rings. The number of nitrogens with zero attached hydrogens (tertiary/aromatic N) is 1. The van der Waals surface area contributed by atoms with Crippen molar-refractivity contribution in [2.45, 2.75) is 0 Å². The Morgan fingerprint density at radius 1 is 1.55 bits per heavy atom. The second-order valence-corrected chi connectivity index (χ2v) is 3.22. The smallest absolute Gasteiger partial charge is 0.0410 e. The van der Waals surface area contributed by atoms with Crippen LogP contribution in [0.3, 0.4) is 0 Å². The highest BCUT2D eigenvalue weighted by molar-refractivity contribution is 9.10. The molecule has 0 aliphatic heterocycles. The van der Waals surface area contributed by atoms with Gasteiger partial charge in [-0.3, -0.25) is 4.98 Å². The van der Waals surface area contributed by atoms with Crippen LogP contribution in [0.15, 0.2) is 29.0 Å². The number of allylic oxidation sites excluding steroid dienone is 1. The Bertz CT molecular complexity index is 260. The van der Waals surface area contributed by atoms with E-state index in [1.807, 2.05) is 18.2 Å². The normalized spacial score (nSPS) is 10.7. The van der Waals surface area contributed by atoms with Crippen LogP contribution in [0.5, 0.6) is 0 Å². The van der Waals surface area contributed by atoms with E-state index >= 15 is 0 Å². The lowest BCUT2D eigenvalue weighted by Gasteiger charge is -1.91. The van der Waals surface area contributed by atoms with Crippen LogP contribution in [0, 0.1) is 0 Å². The highest BCUT2D eigenvalue weighted by atomic mass is 79.9. The molecule has 0 aliphatic carbocycles. The van der Waals surface area contributed by atoms with E-state index in [0.717, 1.165) is 10.0 Å². The van der Waals surface area contributed by atoms with Crippen molar-refractivity contribution in [3.8, 4) is 0 Å². The second kappa shape index (κ2) is 4.52. The fourth-order valence-electron chi connectivity index (χ4n) is 0.700. The largest absolute Gasteiger partial charge is 0.263 e. The van der Waals surface area contributed by atoms with Gasteiger partial charge in [0.1, 0.15) is 0 Å². The summed E-state index contributed by atoms with van der Waals surface area (Å²) in [4.78, 5) is 4.00. The summed E-state index contributed by atoms with van der Waals surface area (Å²) in [6.45, 7) is 0. The summed E-state index contributed by atoms with van der Waals surface area (Å²) in [6, 6.07) is 1.98. The minimum Gasteiger partial charge on any atom is -0.263 e. The van der Waals surface area contributed by atoms with Crippen LogP contribution in [0.4, 0.5) is 0 Å². The Morgan fingerprint density at radius 2 is 2.36 bits per heavy atom. The molecule has 0 atom stereocenters. The van der Waals surface area contributed by atoms with Gasteiger partial charge in [0, 0.05) is 22.7 Å². The first-order chi connectivity index (χ1) is 5.33. The van der Waals surface area contributed by atoms with Crippen molar-refractivity contribution in [3.05, 3.63) is 34.6 Å². The lowest BCUT2D eigenvalue weighted by atomic mass is 10.3. The molecule has 1 aromatic rings. The minimum atomic E-state index is 0.534. The zero-order valence-electron chi connectivity index (χ0n) is 5.80. The van der Waals surface area contributed by atoms with E-state index in [-0.39, 0.29) is 0 Å². The highest BCUT2D eigenvalue weighted by Gasteiger charge is 1.87. The molecule has 1 nitrogen and oxygen atoms in total. The van der Waals surface area contributed by atoms with Gasteiger partial charge in [-0.25, -0.2) is 0 Å². The van der Waals surface area contributed by atoms with Gasteiger partial charge in [-0.05, 0) is 27.6 Å². The average Bonchev–Trinajstić information content (AvgIpc) is 2.01. The summed E-state index contributed by atoms with van der Waals surface area (Å²) in [7, 11) is 0. The predicted molar refractivity (Wildman–Crippen MR) is 51.7 cm³/mol. The van der Waals surface area contributed by atoms with Gasteiger partial charge in [-0.2, -0.15) is 0 Å². The maximum atomic E-state index is 5.47. The Kier molecular flexibility index (Phi) is 3.60. The molecule has 0 unspecified atom stereocenters. The molecule has 58 valence electrons. The molecule has 0 amide bonds. The maximum Gasteiger partial charge on any atom is 0.0410 e. The van der Waals surface area contributed by atoms with Crippen LogP contribution in [-0.2, 0) is 0 Å².